The van der Waals surface area contributed by atoms with Crippen molar-refractivity contribution in [2.24, 2.45) is 11.8 Å². The lowest BCUT2D eigenvalue weighted by Crippen LogP contribution is -2.56. The predicted molar refractivity (Wildman–Crippen MR) is 141 cm³/mol. The zero-order valence-electron chi connectivity index (χ0n) is 18.9. The highest BCUT2D eigenvalue weighted by Crippen LogP contribution is 2.44. The first-order valence-corrected chi connectivity index (χ1v) is 13.6. The second-order valence-electron chi connectivity index (χ2n) is 8.89. The van der Waals surface area contributed by atoms with Crippen LogP contribution in [-0.2, 0) is 9.59 Å². The van der Waals surface area contributed by atoms with Crippen molar-refractivity contribution in [1.82, 2.24) is 10.0 Å². The fourth-order valence-electron chi connectivity index (χ4n) is 4.56. The number of aryl methyl sites for hydroxylation is 1. The summed E-state index contributed by atoms with van der Waals surface area (Å²) >= 11 is 19.3. The van der Waals surface area contributed by atoms with Crippen LogP contribution in [0.2, 0.25) is 10.0 Å². The molecule has 1 heterocycles. The molecule has 4 rings (SSSR count). The summed E-state index contributed by atoms with van der Waals surface area (Å²) in [5, 5.41) is 2.26. The van der Waals surface area contributed by atoms with Crippen LogP contribution < -0.4 is 0 Å². The lowest BCUT2D eigenvalue weighted by atomic mass is 9.81. The number of halogens is 4. The number of hydrogen-bond acceptors (Lipinski definition) is 4. The van der Waals surface area contributed by atoms with Gasteiger partial charge >= 0.3 is 0 Å². The average Bonchev–Trinajstić information content (AvgIpc) is 3.05. The number of amides is 3. The van der Waals surface area contributed by atoms with E-state index in [1.807, 2.05) is 6.92 Å². The maximum absolute atomic E-state index is 13.8. The van der Waals surface area contributed by atoms with Crippen LogP contribution in [0.1, 0.15) is 46.0 Å². The SMILES string of the molecule is Cc1ccc(C(=O)[C@H](C)N(C(=O)c2ccc(Cl)c(Cl)c2)N2C(=O)[C@@H]3C[C@@H](Br)[C@@H](Br)C[C@H]3C2=O)cc1. The topological polar surface area (TPSA) is 74.8 Å². The van der Waals surface area contributed by atoms with Gasteiger partial charge in [-0.15, -0.1) is 0 Å². The van der Waals surface area contributed by atoms with Gasteiger partial charge in [0.2, 0.25) is 0 Å². The summed E-state index contributed by atoms with van der Waals surface area (Å²) in [5.74, 6) is -3.21. The summed E-state index contributed by atoms with van der Waals surface area (Å²) in [5.41, 5.74) is 1.45. The summed E-state index contributed by atoms with van der Waals surface area (Å²) < 4.78 is 0. The molecule has 3 amide bonds. The van der Waals surface area contributed by atoms with E-state index in [-0.39, 0.29) is 25.3 Å². The Balaban J connectivity index is 1.76. The summed E-state index contributed by atoms with van der Waals surface area (Å²) in [6, 6.07) is 10.0. The molecule has 5 atom stereocenters. The standard InChI is InChI=1S/C25H22Br2Cl2N2O4/c1-12-3-5-14(6-4-12)22(32)13(2)30(23(33)15-7-8-20(28)21(29)9-15)31-24(34)16-10-18(26)19(27)11-17(16)25(31)35/h3-9,13,16-19H,10-11H2,1-2H3/t13-,16+,17+,18-,19+/m0/s1. The van der Waals surface area contributed by atoms with Crippen LogP contribution in [0.3, 0.4) is 0 Å². The van der Waals surface area contributed by atoms with Crippen molar-refractivity contribution in [3.63, 3.8) is 0 Å². The molecular weight excluding hydrogens is 623 g/mol. The first-order chi connectivity index (χ1) is 16.5. The molecule has 0 radical (unpaired) electrons. The largest absolute Gasteiger partial charge is 0.292 e. The highest BCUT2D eigenvalue weighted by Gasteiger charge is 2.55. The van der Waals surface area contributed by atoms with E-state index in [2.05, 4.69) is 31.9 Å². The maximum atomic E-state index is 13.8. The van der Waals surface area contributed by atoms with E-state index in [0.29, 0.717) is 18.4 Å². The first-order valence-electron chi connectivity index (χ1n) is 11.1. The number of fused-ring (bicyclic) bond motifs is 1. The van der Waals surface area contributed by atoms with E-state index in [0.717, 1.165) is 15.6 Å². The molecule has 6 nitrogen and oxygen atoms in total. The van der Waals surface area contributed by atoms with Gasteiger partial charge in [-0.1, -0.05) is 84.9 Å². The summed E-state index contributed by atoms with van der Waals surface area (Å²) in [4.78, 5) is 54.3. The number of Topliss-reactive ketones (excluding diaryl/α,β-unsaturated/α-hetero) is 1. The lowest BCUT2D eigenvalue weighted by molar-refractivity contribution is -0.156. The van der Waals surface area contributed by atoms with Crippen LogP contribution in [0.25, 0.3) is 0 Å². The molecule has 35 heavy (non-hydrogen) atoms. The van der Waals surface area contributed by atoms with Crippen LogP contribution in [0, 0.1) is 18.8 Å². The van der Waals surface area contributed by atoms with Crippen LogP contribution in [0.4, 0.5) is 0 Å². The number of carbonyl (C=O) groups excluding carboxylic acids is 4. The highest BCUT2D eigenvalue weighted by molar-refractivity contribution is 9.12. The second kappa shape index (κ2) is 10.3. The molecule has 1 aliphatic heterocycles. The Morgan fingerprint density at radius 2 is 1.43 bits per heavy atom. The van der Waals surface area contributed by atoms with Crippen molar-refractivity contribution in [2.45, 2.75) is 42.4 Å². The molecule has 0 spiro atoms. The number of alkyl halides is 2. The molecule has 0 unspecified atom stereocenters. The quantitative estimate of drug-likeness (QED) is 0.233. The molecule has 2 aromatic rings. The Morgan fingerprint density at radius 1 is 0.914 bits per heavy atom. The van der Waals surface area contributed by atoms with Crippen molar-refractivity contribution in [1.29, 1.82) is 0 Å². The number of imide groups is 1. The first kappa shape index (κ1) is 26.3. The number of rotatable bonds is 5. The van der Waals surface area contributed by atoms with Gasteiger partial charge < -0.3 is 0 Å². The monoisotopic (exact) mass is 642 g/mol. The minimum atomic E-state index is -1.13. The average molecular weight is 645 g/mol. The third-order valence-corrected chi connectivity index (χ3v) is 10.0. The molecule has 2 aliphatic rings. The van der Waals surface area contributed by atoms with Gasteiger partial charge in [0.1, 0.15) is 6.04 Å². The summed E-state index contributed by atoms with van der Waals surface area (Å²) in [7, 11) is 0. The number of hydrazine groups is 1. The maximum Gasteiger partial charge on any atom is 0.273 e. The van der Waals surface area contributed by atoms with Crippen LogP contribution in [0.5, 0.6) is 0 Å². The number of benzene rings is 2. The number of ketones is 1. The van der Waals surface area contributed by atoms with E-state index >= 15 is 0 Å². The molecule has 184 valence electrons. The molecule has 2 fully saturated rings. The molecule has 1 saturated heterocycles. The van der Waals surface area contributed by atoms with E-state index in [9.17, 15) is 19.2 Å². The summed E-state index contributed by atoms with van der Waals surface area (Å²) in [6.45, 7) is 3.41. The molecule has 10 heteroatoms. The Bertz CT molecular complexity index is 1180. The Labute approximate surface area is 230 Å². The molecule has 0 N–H and O–H groups in total. The Hall–Kier alpha value is -1.74. The van der Waals surface area contributed by atoms with Gasteiger partial charge in [-0.3, -0.25) is 19.2 Å². The van der Waals surface area contributed by atoms with E-state index in [1.54, 1.807) is 24.3 Å². The number of nitrogens with zero attached hydrogens (tertiary/aromatic N) is 2. The third kappa shape index (κ3) is 4.95. The fraction of sp³-hybridized carbons (Fsp3) is 0.360. The molecule has 2 aromatic carbocycles. The fourth-order valence-corrected chi connectivity index (χ4v) is 6.10. The lowest BCUT2D eigenvalue weighted by Gasteiger charge is -2.34. The van der Waals surface area contributed by atoms with Crippen molar-refractivity contribution in [2.75, 3.05) is 0 Å². The van der Waals surface area contributed by atoms with Crippen molar-refractivity contribution >= 4 is 78.6 Å². The van der Waals surface area contributed by atoms with Gasteiger partial charge in [-0.25, -0.2) is 5.01 Å². The van der Waals surface area contributed by atoms with Crippen LogP contribution in [0.15, 0.2) is 42.5 Å². The predicted octanol–water partition coefficient (Wildman–Crippen LogP) is 5.85. The number of carbonyl (C=O) groups is 4. The molecule has 0 bridgehead atoms. The van der Waals surface area contributed by atoms with Gasteiger partial charge in [-0.05, 0) is 44.9 Å². The Kier molecular flexibility index (Phi) is 7.77. The third-order valence-electron chi connectivity index (χ3n) is 6.56. The van der Waals surface area contributed by atoms with Crippen LogP contribution in [-0.4, -0.2) is 49.2 Å². The minimum Gasteiger partial charge on any atom is -0.292 e. The molecular formula is C25H22Br2Cl2N2O4. The van der Waals surface area contributed by atoms with Crippen molar-refractivity contribution in [3.05, 3.63) is 69.2 Å². The highest BCUT2D eigenvalue weighted by atomic mass is 79.9. The Morgan fingerprint density at radius 3 is 1.94 bits per heavy atom. The van der Waals surface area contributed by atoms with Crippen LogP contribution >= 0.6 is 55.1 Å². The van der Waals surface area contributed by atoms with Crippen molar-refractivity contribution < 1.29 is 19.2 Å². The minimum absolute atomic E-state index is 0.00582. The van der Waals surface area contributed by atoms with Gasteiger partial charge in [0.05, 0.1) is 21.9 Å². The zero-order valence-corrected chi connectivity index (χ0v) is 23.6. The zero-order chi connectivity index (χ0) is 25.6. The van der Waals surface area contributed by atoms with Gasteiger partial charge in [0, 0.05) is 20.8 Å². The van der Waals surface area contributed by atoms with Gasteiger partial charge in [0.25, 0.3) is 17.7 Å². The van der Waals surface area contributed by atoms with Crippen molar-refractivity contribution in [3.8, 4) is 0 Å². The second-order valence-corrected chi connectivity index (χ2v) is 12.1. The summed E-state index contributed by atoms with van der Waals surface area (Å²) in [6.07, 6.45) is 0.882. The van der Waals surface area contributed by atoms with Gasteiger partial charge in [-0.2, -0.15) is 5.01 Å². The smallest absolute Gasteiger partial charge is 0.273 e. The van der Waals surface area contributed by atoms with Gasteiger partial charge in [0.15, 0.2) is 5.78 Å². The van der Waals surface area contributed by atoms with E-state index < -0.39 is 41.4 Å². The van der Waals surface area contributed by atoms with E-state index in [1.165, 1.54) is 25.1 Å². The number of hydrogen-bond donors (Lipinski definition) is 0. The van der Waals surface area contributed by atoms with E-state index in [4.69, 9.17) is 23.2 Å². The normalized spacial score (nSPS) is 24.8. The molecule has 1 saturated carbocycles. The molecule has 0 aromatic heterocycles. The molecule has 1 aliphatic carbocycles.